The van der Waals surface area contributed by atoms with Gasteiger partial charge in [-0.05, 0) is 38.8 Å². The van der Waals surface area contributed by atoms with E-state index in [-0.39, 0.29) is 5.92 Å². The maximum Gasteiger partial charge on any atom is 0.243 e. The third-order valence-corrected chi connectivity index (χ3v) is 8.65. The molecular formula is C24H24N4O3S2. The summed E-state index contributed by atoms with van der Waals surface area (Å²) < 4.78 is 33.0. The molecule has 1 saturated heterocycles. The van der Waals surface area contributed by atoms with Crippen LogP contribution in [-0.4, -0.2) is 40.9 Å². The summed E-state index contributed by atoms with van der Waals surface area (Å²) in [6.07, 6.45) is 1.30. The van der Waals surface area contributed by atoms with Crippen molar-refractivity contribution in [2.24, 2.45) is 0 Å². The summed E-state index contributed by atoms with van der Waals surface area (Å²) >= 11 is 1.63. The van der Waals surface area contributed by atoms with Crippen LogP contribution in [0.3, 0.4) is 0 Å². The van der Waals surface area contributed by atoms with E-state index >= 15 is 0 Å². The first-order valence-electron chi connectivity index (χ1n) is 10.8. The predicted molar refractivity (Wildman–Crippen MR) is 127 cm³/mol. The number of hydrogen-bond donors (Lipinski definition) is 0. The quantitative estimate of drug-likeness (QED) is 0.397. The van der Waals surface area contributed by atoms with Crippen molar-refractivity contribution in [1.29, 1.82) is 0 Å². The summed E-state index contributed by atoms with van der Waals surface area (Å²) in [6.45, 7) is 4.79. The minimum absolute atomic E-state index is 0.0490. The van der Waals surface area contributed by atoms with Gasteiger partial charge in [0.25, 0.3) is 0 Å². The summed E-state index contributed by atoms with van der Waals surface area (Å²) in [4.78, 5) is 9.46. The maximum atomic E-state index is 12.9. The smallest absolute Gasteiger partial charge is 0.243 e. The summed E-state index contributed by atoms with van der Waals surface area (Å²) in [7, 11) is -3.49. The van der Waals surface area contributed by atoms with E-state index in [1.165, 1.54) is 0 Å². The normalized spacial score (nSPS) is 15.7. The molecule has 5 rings (SSSR count). The molecule has 33 heavy (non-hydrogen) atoms. The number of nitrogens with zero attached hydrogens (tertiary/aromatic N) is 4. The first kappa shape index (κ1) is 21.9. The molecule has 0 amide bonds. The first-order valence-corrected chi connectivity index (χ1v) is 13.2. The Labute approximate surface area is 197 Å². The van der Waals surface area contributed by atoms with E-state index in [1.807, 2.05) is 55.6 Å². The number of piperidine rings is 1. The van der Waals surface area contributed by atoms with E-state index < -0.39 is 10.0 Å². The van der Waals surface area contributed by atoms with Crippen molar-refractivity contribution >= 4 is 21.4 Å². The monoisotopic (exact) mass is 480 g/mol. The molecule has 7 nitrogen and oxygen atoms in total. The number of aryl methyl sites for hydroxylation is 2. The highest BCUT2D eigenvalue weighted by Gasteiger charge is 2.32. The van der Waals surface area contributed by atoms with Crippen LogP contribution in [0.25, 0.3) is 22.6 Å². The van der Waals surface area contributed by atoms with Gasteiger partial charge in [0.2, 0.25) is 21.7 Å². The molecule has 9 heteroatoms. The lowest BCUT2D eigenvalue weighted by molar-refractivity contribution is 0.271. The Morgan fingerprint density at radius 3 is 2.24 bits per heavy atom. The van der Waals surface area contributed by atoms with Crippen LogP contribution in [0.2, 0.25) is 0 Å². The molecule has 1 aliphatic rings. The second kappa shape index (κ2) is 8.81. The van der Waals surface area contributed by atoms with Gasteiger partial charge in [-0.25, -0.2) is 13.4 Å². The van der Waals surface area contributed by atoms with Crippen molar-refractivity contribution in [3.05, 3.63) is 70.4 Å². The molecule has 1 fully saturated rings. The van der Waals surface area contributed by atoms with E-state index in [2.05, 4.69) is 15.1 Å². The zero-order chi connectivity index (χ0) is 23.0. The Kier molecular flexibility index (Phi) is 5.86. The highest BCUT2D eigenvalue weighted by molar-refractivity contribution is 7.89. The van der Waals surface area contributed by atoms with Gasteiger partial charge in [0.05, 0.1) is 15.6 Å². The highest BCUT2D eigenvalue weighted by Crippen LogP contribution is 2.31. The molecule has 0 radical (unpaired) electrons. The Morgan fingerprint density at radius 1 is 0.939 bits per heavy atom. The van der Waals surface area contributed by atoms with Gasteiger partial charge in [-0.2, -0.15) is 9.29 Å². The van der Waals surface area contributed by atoms with E-state index in [0.29, 0.717) is 42.5 Å². The fraction of sp³-hybridized carbons (Fsp3) is 0.292. The molecule has 170 valence electrons. The second-order valence-electron chi connectivity index (χ2n) is 8.28. The average Bonchev–Trinajstić information content (AvgIpc) is 3.49. The average molecular weight is 481 g/mol. The highest BCUT2D eigenvalue weighted by atomic mass is 32.2. The summed E-state index contributed by atoms with van der Waals surface area (Å²) in [5.74, 6) is 1.16. The zero-order valence-electron chi connectivity index (χ0n) is 18.4. The number of benzene rings is 2. The predicted octanol–water partition coefficient (Wildman–Crippen LogP) is 5.05. The molecular weight excluding hydrogens is 456 g/mol. The third-order valence-electron chi connectivity index (χ3n) is 5.96. The number of rotatable bonds is 5. The fourth-order valence-electron chi connectivity index (χ4n) is 4.01. The van der Waals surface area contributed by atoms with Gasteiger partial charge in [-0.15, -0.1) is 11.3 Å². The van der Waals surface area contributed by atoms with Gasteiger partial charge in [0.1, 0.15) is 0 Å². The number of thiazole rings is 1. The minimum atomic E-state index is -3.49. The standard InChI is InChI=1S/C24H24N4O3S2/c1-16-3-9-21(10-4-16)33(29,30)28-13-11-20(12-14-28)24-26-23(27-31-24)19-7-5-18(6-8-19)22-15-32-17(2)25-22/h3-10,15,20H,11-14H2,1-2H3. The van der Waals surface area contributed by atoms with Crippen LogP contribution in [0.15, 0.2) is 63.3 Å². The molecule has 0 N–H and O–H groups in total. The topological polar surface area (TPSA) is 89.2 Å². The number of aromatic nitrogens is 3. The molecule has 4 aromatic rings. The van der Waals surface area contributed by atoms with Crippen LogP contribution in [0, 0.1) is 13.8 Å². The SMILES string of the molecule is Cc1ccc(S(=O)(=O)N2CCC(c3nc(-c4ccc(-c5csc(C)n5)cc4)no3)CC2)cc1. The summed E-state index contributed by atoms with van der Waals surface area (Å²) in [6, 6.07) is 14.9. The molecule has 0 spiro atoms. The summed E-state index contributed by atoms with van der Waals surface area (Å²) in [5, 5.41) is 7.24. The van der Waals surface area contributed by atoms with Gasteiger partial charge in [-0.3, -0.25) is 0 Å². The van der Waals surface area contributed by atoms with Crippen LogP contribution in [0.1, 0.15) is 35.2 Å². The number of sulfonamides is 1. The lowest BCUT2D eigenvalue weighted by Gasteiger charge is -2.29. The first-order chi connectivity index (χ1) is 15.9. The van der Waals surface area contributed by atoms with E-state index in [1.54, 1.807) is 27.8 Å². The van der Waals surface area contributed by atoms with Crippen LogP contribution >= 0.6 is 11.3 Å². The molecule has 0 bridgehead atoms. The van der Waals surface area contributed by atoms with E-state index in [4.69, 9.17) is 4.52 Å². The van der Waals surface area contributed by atoms with Crippen molar-refractivity contribution in [2.75, 3.05) is 13.1 Å². The van der Waals surface area contributed by atoms with Gasteiger partial charge < -0.3 is 4.52 Å². The number of hydrogen-bond acceptors (Lipinski definition) is 7. The summed E-state index contributed by atoms with van der Waals surface area (Å²) in [5.41, 5.74) is 3.92. The molecule has 0 atom stereocenters. The molecule has 0 aliphatic carbocycles. The Bertz CT molecular complexity index is 1350. The van der Waals surface area contributed by atoms with Gasteiger partial charge in [0, 0.05) is 35.5 Å². The van der Waals surface area contributed by atoms with Crippen LogP contribution in [-0.2, 0) is 10.0 Å². The fourth-order valence-corrected chi connectivity index (χ4v) is 6.10. The third kappa shape index (κ3) is 4.48. The van der Waals surface area contributed by atoms with E-state index in [9.17, 15) is 8.42 Å². The Hall–Kier alpha value is -2.88. The van der Waals surface area contributed by atoms with Gasteiger partial charge in [0.15, 0.2) is 0 Å². The van der Waals surface area contributed by atoms with Gasteiger partial charge in [-0.1, -0.05) is 47.1 Å². The molecule has 3 heterocycles. The van der Waals surface area contributed by atoms with E-state index in [0.717, 1.165) is 27.4 Å². The van der Waals surface area contributed by atoms with Crippen LogP contribution in [0.5, 0.6) is 0 Å². The van der Waals surface area contributed by atoms with Crippen molar-refractivity contribution in [3.63, 3.8) is 0 Å². The van der Waals surface area contributed by atoms with Crippen molar-refractivity contribution in [3.8, 4) is 22.6 Å². The minimum Gasteiger partial charge on any atom is -0.339 e. The van der Waals surface area contributed by atoms with Gasteiger partial charge >= 0.3 is 0 Å². The lowest BCUT2D eigenvalue weighted by atomic mass is 9.98. The van der Waals surface area contributed by atoms with Crippen LogP contribution in [0.4, 0.5) is 0 Å². The van der Waals surface area contributed by atoms with Crippen molar-refractivity contribution in [1.82, 2.24) is 19.4 Å². The Morgan fingerprint density at radius 2 is 1.61 bits per heavy atom. The Balaban J connectivity index is 1.25. The second-order valence-corrected chi connectivity index (χ2v) is 11.3. The molecule has 0 saturated carbocycles. The van der Waals surface area contributed by atoms with Crippen molar-refractivity contribution in [2.45, 2.75) is 37.5 Å². The molecule has 1 aliphatic heterocycles. The molecule has 0 unspecified atom stereocenters. The molecule has 2 aromatic heterocycles. The lowest BCUT2D eigenvalue weighted by Crippen LogP contribution is -2.37. The zero-order valence-corrected chi connectivity index (χ0v) is 20.1. The van der Waals surface area contributed by atoms with Crippen molar-refractivity contribution < 1.29 is 12.9 Å². The largest absolute Gasteiger partial charge is 0.339 e. The van der Waals surface area contributed by atoms with Crippen LogP contribution < -0.4 is 0 Å². The molecule has 2 aromatic carbocycles. The maximum absolute atomic E-state index is 12.9.